The van der Waals surface area contributed by atoms with E-state index in [1.165, 1.54) is 0 Å². The van der Waals surface area contributed by atoms with Crippen molar-refractivity contribution in [3.05, 3.63) is 57.0 Å². The lowest BCUT2D eigenvalue weighted by Crippen LogP contribution is -2.02. The summed E-state index contributed by atoms with van der Waals surface area (Å²) >= 11 is 9.57. The standard InChI is InChI=1S/C16H16BrClO3/c1-2-20-15-8-11(9-19)7-13(17)16(15)21-10-12-5-3-4-6-14(12)18/h3-8,19H,2,9-10H2,1H3. The Morgan fingerprint density at radius 1 is 1.19 bits per heavy atom. The van der Waals surface area contributed by atoms with Gasteiger partial charge in [-0.1, -0.05) is 29.8 Å². The minimum Gasteiger partial charge on any atom is -0.490 e. The van der Waals surface area contributed by atoms with Crippen LogP contribution < -0.4 is 9.47 Å². The lowest BCUT2D eigenvalue weighted by Gasteiger charge is -2.15. The second-order valence-corrected chi connectivity index (χ2v) is 5.64. The summed E-state index contributed by atoms with van der Waals surface area (Å²) in [5.74, 6) is 1.21. The quantitative estimate of drug-likeness (QED) is 0.808. The van der Waals surface area contributed by atoms with E-state index >= 15 is 0 Å². The molecule has 0 atom stereocenters. The maximum Gasteiger partial charge on any atom is 0.175 e. The Labute approximate surface area is 137 Å². The molecule has 0 radical (unpaired) electrons. The molecule has 3 nitrogen and oxygen atoms in total. The Morgan fingerprint density at radius 3 is 2.62 bits per heavy atom. The third-order valence-electron chi connectivity index (χ3n) is 2.88. The predicted octanol–water partition coefficient (Wildman–Crippen LogP) is 4.57. The zero-order valence-corrected chi connectivity index (χ0v) is 13.9. The van der Waals surface area contributed by atoms with Crippen LogP contribution in [0.3, 0.4) is 0 Å². The van der Waals surface area contributed by atoms with Crippen LogP contribution in [0.1, 0.15) is 18.1 Å². The first kappa shape index (κ1) is 16.1. The average molecular weight is 372 g/mol. The summed E-state index contributed by atoms with van der Waals surface area (Å²) in [6, 6.07) is 11.1. The van der Waals surface area contributed by atoms with E-state index in [4.69, 9.17) is 21.1 Å². The van der Waals surface area contributed by atoms with Gasteiger partial charge in [-0.05, 0) is 46.6 Å². The van der Waals surface area contributed by atoms with Gasteiger partial charge < -0.3 is 14.6 Å². The van der Waals surface area contributed by atoms with Crippen LogP contribution in [0.5, 0.6) is 11.5 Å². The van der Waals surface area contributed by atoms with E-state index in [1.54, 1.807) is 6.07 Å². The van der Waals surface area contributed by atoms with Gasteiger partial charge in [0, 0.05) is 10.6 Å². The highest BCUT2D eigenvalue weighted by molar-refractivity contribution is 9.10. The lowest BCUT2D eigenvalue weighted by molar-refractivity contribution is 0.262. The monoisotopic (exact) mass is 370 g/mol. The first-order valence-electron chi connectivity index (χ1n) is 6.58. The predicted molar refractivity (Wildman–Crippen MR) is 87.0 cm³/mol. The van der Waals surface area contributed by atoms with Gasteiger partial charge in [0.2, 0.25) is 0 Å². The van der Waals surface area contributed by atoms with Crippen molar-refractivity contribution < 1.29 is 14.6 Å². The van der Waals surface area contributed by atoms with Crippen LogP contribution in [-0.2, 0) is 13.2 Å². The molecule has 2 aromatic rings. The molecule has 0 aliphatic rings. The molecule has 0 aromatic heterocycles. The van der Waals surface area contributed by atoms with Gasteiger partial charge in [-0.15, -0.1) is 0 Å². The average Bonchev–Trinajstić information content (AvgIpc) is 2.48. The molecule has 2 aromatic carbocycles. The molecule has 0 unspecified atom stereocenters. The number of hydrogen-bond donors (Lipinski definition) is 1. The highest BCUT2D eigenvalue weighted by atomic mass is 79.9. The summed E-state index contributed by atoms with van der Waals surface area (Å²) in [4.78, 5) is 0. The van der Waals surface area contributed by atoms with E-state index in [0.29, 0.717) is 29.7 Å². The highest BCUT2D eigenvalue weighted by Crippen LogP contribution is 2.37. The van der Waals surface area contributed by atoms with Crippen molar-refractivity contribution in [3.8, 4) is 11.5 Å². The van der Waals surface area contributed by atoms with Crippen LogP contribution >= 0.6 is 27.5 Å². The molecule has 112 valence electrons. The van der Waals surface area contributed by atoms with Gasteiger partial charge in [0.15, 0.2) is 11.5 Å². The first-order valence-corrected chi connectivity index (χ1v) is 7.75. The molecule has 21 heavy (non-hydrogen) atoms. The minimum absolute atomic E-state index is 0.0521. The third-order valence-corrected chi connectivity index (χ3v) is 3.84. The van der Waals surface area contributed by atoms with Gasteiger partial charge in [-0.25, -0.2) is 0 Å². The summed E-state index contributed by atoms with van der Waals surface area (Å²) in [5.41, 5.74) is 1.66. The SMILES string of the molecule is CCOc1cc(CO)cc(Br)c1OCc1ccccc1Cl. The van der Waals surface area contributed by atoms with Crippen molar-refractivity contribution in [2.45, 2.75) is 20.1 Å². The molecule has 0 saturated carbocycles. The van der Waals surface area contributed by atoms with Crippen LogP contribution in [0.15, 0.2) is 40.9 Å². The molecule has 2 rings (SSSR count). The molecule has 0 fully saturated rings. The number of halogens is 2. The van der Waals surface area contributed by atoms with Crippen molar-refractivity contribution in [2.24, 2.45) is 0 Å². The summed E-state index contributed by atoms with van der Waals surface area (Å²) in [7, 11) is 0. The van der Waals surface area contributed by atoms with Gasteiger partial charge in [-0.2, -0.15) is 0 Å². The molecule has 1 N–H and O–H groups in total. The van der Waals surface area contributed by atoms with Crippen LogP contribution in [0.25, 0.3) is 0 Å². The summed E-state index contributed by atoms with van der Waals surface area (Å²) in [6.07, 6.45) is 0. The molecule has 0 amide bonds. The molecular weight excluding hydrogens is 356 g/mol. The molecular formula is C16H16BrClO3. The zero-order valence-electron chi connectivity index (χ0n) is 11.6. The van der Waals surface area contributed by atoms with Crippen molar-refractivity contribution in [1.82, 2.24) is 0 Å². The number of ether oxygens (including phenoxy) is 2. The summed E-state index contributed by atoms with van der Waals surface area (Å²) in [6.45, 7) is 2.71. The highest BCUT2D eigenvalue weighted by Gasteiger charge is 2.13. The van der Waals surface area contributed by atoms with Crippen LogP contribution in [-0.4, -0.2) is 11.7 Å². The molecule has 0 heterocycles. The fourth-order valence-corrected chi connectivity index (χ4v) is 2.68. The molecule has 0 saturated heterocycles. The van der Waals surface area contributed by atoms with Crippen LogP contribution in [0.4, 0.5) is 0 Å². The maximum atomic E-state index is 9.26. The normalized spacial score (nSPS) is 10.5. The van der Waals surface area contributed by atoms with Gasteiger partial charge in [0.05, 0.1) is 17.7 Å². The third kappa shape index (κ3) is 4.13. The van der Waals surface area contributed by atoms with Crippen molar-refractivity contribution in [3.63, 3.8) is 0 Å². The second kappa shape index (κ2) is 7.69. The van der Waals surface area contributed by atoms with Crippen LogP contribution in [0, 0.1) is 0 Å². The Balaban J connectivity index is 2.24. The number of rotatable bonds is 6. The second-order valence-electron chi connectivity index (χ2n) is 4.38. The number of aliphatic hydroxyl groups excluding tert-OH is 1. The Hall–Kier alpha value is -1.23. The van der Waals surface area contributed by atoms with Gasteiger partial charge in [0.25, 0.3) is 0 Å². The van der Waals surface area contributed by atoms with Gasteiger partial charge in [-0.3, -0.25) is 0 Å². The smallest absolute Gasteiger partial charge is 0.175 e. The fraction of sp³-hybridized carbons (Fsp3) is 0.250. The van der Waals surface area contributed by atoms with E-state index in [2.05, 4.69) is 15.9 Å². The first-order chi connectivity index (χ1) is 10.2. The molecule has 0 aliphatic carbocycles. The Bertz CT molecular complexity index is 616. The van der Waals surface area contributed by atoms with E-state index in [9.17, 15) is 5.11 Å². The Kier molecular flexibility index (Phi) is 5.91. The van der Waals surface area contributed by atoms with E-state index in [1.807, 2.05) is 37.3 Å². The minimum atomic E-state index is -0.0521. The topological polar surface area (TPSA) is 38.7 Å². The van der Waals surface area contributed by atoms with Crippen molar-refractivity contribution in [2.75, 3.05) is 6.61 Å². The Morgan fingerprint density at radius 2 is 1.95 bits per heavy atom. The van der Waals surface area contributed by atoms with Crippen LogP contribution in [0.2, 0.25) is 5.02 Å². The molecule has 0 spiro atoms. The van der Waals surface area contributed by atoms with E-state index in [-0.39, 0.29) is 6.61 Å². The molecule has 0 bridgehead atoms. The number of benzene rings is 2. The van der Waals surface area contributed by atoms with Crippen molar-refractivity contribution in [1.29, 1.82) is 0 Å². The molecule has 0 aliphatic heterocycles. The van der Waals surface area contributed by atoms with E-state index in [0.717, 1.165) is 15.6 Å². The zero-order chi connectivity index (χ0) is 15.2. The van der Waals surface area contributed by atoms with Gasteiger partial charge >= 0.3 is 0 Å². The fourth-order valence-electron chi connectivity index (χ4n) is 1.88. The largest absolute Gasteiger partial charge is 0.490 e. The maximum absolute atomic E-state index is 9.26. The number of aliphatic hydroxyl groups is 1. The van der Waals surface area contributed by atoms with E-state index < -0.39 is 0 Å². The number of hydrogen-bond acceptors (Lipinski definition) is 3. The lowest BCUT2D eigenvalue weighted by atomic mass is 10.2. The molecule has 5 heteroatoms. The van der Waals surface area contributed by atoms with Crippen molar-refractivity contribution >= 4 is 27.5 Å². The van der Waals surface area contributed by atoms with Gasteiger partial charge in [0.1, 0.15) is 6.61 Å². The summed E-state index contributed by atoms with van der Waals surface area (Å²) < 4.78 is 12.2. The summed E-state index contributed by atoms with van der Waals surface area (Å²) in [5, 5.41) is 9.92.